The summed E-state index contributed by atoms with van der Waals surface area (Å²) >= 11 is 1.42. The molecule has 128 valence electrons. The van der Waals surface area contributed by atoms with Crippen LogP contribution < -0.4 is 5.32 Å². The van der Waals surface area contributed by atoms with E-state index in [1.165, 1.54) is 21.8 Å². The van der Waals surface area contributed by atoms with E-state index in [1.807, 2.05) is 52.0 Å². The van der Waals surface area contributed by atoms with Gasteiger partial charge < -0.3 is 10.2 Å². The molecular formula is C18H23N3O2S. The van der Waals surface area contributed by atoms with Crippen molar-refractivity contribution in [3.8, 4) is 10.6 Å². The van der Waals surface area contributed by atoms with Gasteiger partial charge in [0, 0.05) is 23.5 Å². The minimum Gasteiger partial charge on any atom is -0.350 e. The van der Waals surface area contributed by atoms with Crippen molar-refractivity contribution in [3.05, 3.63) is 40.9 Å². The maximum atomic E-state index is 12.4. The third-order valence-corrected chi connectivity index (χ3v) is 4.16. The Morgan fingerprint density at radius 3 is 2.42 bits per heavy atom. The molecule has 0 aliphatic carbocycles. The normalized spacial score (nSPS) is 11.2. The fourth-order valence-corrected chi connectivity index (χ4v) is 2.94. The largest absolute Gasteiger partial charge is 0.350 e. The number of nitrogens with one attached hydrogen (secondary N) is 1. The zero-order chi connectivity index (χ0) is 17.9. The van der Waals surface area contributed by atoms with Crippen LogP contribution in [0.2, 0.25) is 0 Å². The van der Waals surface area contributed by atoms with Crippen LogP contribution in [0.25, 0.3) is 10.6 Å². The molecule has 2 amide bonds. The summed E-state index contributed by atoms with van der Waals surface area (Å²) in [7, 11) is 1.61. The molecule has 0 saturated heterocycles. The average molecular weight is 345 g/mol. The molecule has 2 aromatic rings. The highest BCUT2D eigenvalue weighted by Gasteiger charge is 2.20. The molecule has 2 rings (SSSR count). The summed E-state index contributed by atoms with van der Waals surface area (Å²) in [5.41, 5.74) is 2.20. The number of aromatic nitrogens is 1. The number of hydrogen-bond acceptors (Lipinski definition) is 4. The first-order valence-corrected chi connectivity index (χ1v) is 8.63. The van der Waals surface area contributed by atoms with Gasteiger partial charge in [-0.2, -0.15) is 0 Å². The summed E-state index contributed by atoms with van der Waals surface area (Å²) in [5, 5.41) is 5.37. The smallest absolute Gasteiger partial charge is 0.273 e. The Labute approximate surface area is 146 Å². The lowest BCUT2D eigenvalue weighted by molar-refractivity contribution is -0.122. The van der Waals surface area contributed by atoms with Crippen molar-refractivity contribution >= 4 is 23.2 Å². The van der Waals surface area contributed by atoms with Gasteiger partial charge in [-0.25, -0.2) is 4.98 Å². The molecule has 0 fully saturated rings. The van der Waals surface area contributed by atoms with Gasteiger partial charge in [0.15, 0.2) is 0 Å². The van der Waals surface area contributed by atoms with E-state index in [9.17, 15) is 9.59 Å². The number of rotatable bonds is 4. The molecule has 0 saturated carbocycles. The molecule has 1 heterocycles. The molecule has 1 N–H and O–H groups in total. The van der Waals surface area contributed by atoms with Crippen LogP contribution in [0.4, 0.5) is 0 Å². The minimum atomic E-state index is -0.319. The molecule has 0 atom stereocenters. The van der Waals surface area contributed by atoms with Crippen molar-refractivity contribution in [2.45, 2.75) is 33.2 Å². The first-order valence-electron chi connectivity index (χ1n) is 7.75. The first-order chi connectivity index (χ1) is 11.2. The second-order valence-electron chi connectivity index (χ2n) is 6.86. The molecular weight excluding hydrogens is 322 g/mol. The van der Waals surface area contributed by atoms with E-state index < -0.39 is 0 Å². The van der Waals surface area contributed by atoms with Crippen LogP contribution in [0, 0.1) is 6.92 Å². The molecule has 1 aromatic heterocycles. The molecule has 0 bridgehead atoms. The van der Waals surface area contributed by atoms with E-state index in [0.717, 1.165) is 10.6 Å². The summed E-state index contributed by atoms with van der Waals surface area (Å²) in [4.78, 5) is 30.2. The second-order valence-corrected chi connectivity index (χ2v) is 7.72. The third-order valence-electron chi connectivity index (χ3n) is 3.26. The van der Waals surface area contributed by atoms with Gasteiger partial charge in [0.25, 0.3) is 5.91 Å². The number of benzene rings is 1. The van der Waals surface area contributed by atoms with E-state index >= 15 is 0 Å². The van der Waals surface area contributed by atoms with Crippen LogP contribution in [0.3, 0.4) is 0 Å². The highest BCUT2D eigenvalue weighted by molar-refractivity contribution is 7.13. The predicted octanol–water partition coefficient (Wildman–Crippen LogP) is 3.11. The molecule has 0 spiro atoms. The van der Waals surface area contributed by atoms with Gasteiger partial charge in [-0.15, -0.1) is 11.3 Å². The standard InChI is InChI=1S/C18H23N3O2S/c1-12-6-8-13(9-7-12)16-19-14(11-24-16)17(23)21(5)10-15(22)20-18(2,3)4/h6-9,11H,10H2,1-5H3,(H,20,22). The van der Waals surface area contributed by atoms with Gasteiger partial charge in [-0.05, 0) is 27.7 Å². The molecule has 1 aromatic carbocycles. The van der Waals surface area contributed by atoms with Crippen LogP contribution in [-0.4, -0.2) is 40.8 Å². The Balaban J connectivity index is 2.05. The molecule has 24 heavy (non-hydrogen) atoms. The molecule has 0 unspecified atom stereocenters. The fourth-order valence-electron chi connectivity index (χ4n) is 2.14. The van der Waals surface area contributed by atoms with Crippen LogP contribution in [0.1, 0.15) is 36.8 Å². The van der Waals surface area contributed by atoms with E-state index in [0.29, 0.717) is 5.69 Å². The summed E-state index contributed by atoms with van der Waals surface area (Å²) in [6.07, 6.45) is 0. The van der Waals surface area contributed by atoms with E-state index in [1.54, 1.807) is 12.4 Å². The van der Waals surface area contributed by atoms with Crippen molar-refractivity contribution in [1.29, 1.82) is 0 Å². The van der Waals surface area contributed by atoms with Crippen LogP contribution in [0.5, 0.6) is 0 Å². The van der Waals surface area contributed by atoms with Gasteiger partial charge in [-0.1, -0.05) is 29.8 Å². The Morgan fingerprint density at radius 1 is 1.21 bits per heavy atom. The number of carbonyl (C=O) groups excluding carboxylic acids is 2. The number of likely N-dealkylation sites (N-methyl/N-ethyl adjacent to an activating group) is 1. The molecule has 0 aliphatic rings. The van der Waals surface area contributed by atoms with Crippen molar-refractivity contribution in [3.63, 3.8) is 0 Å². The molecule has 0 aliphatic heterocycles. The second kappa shape index (κ2) is 7.13. The van der Waals surface area contributed by atoms with Crippen LogP contribution in [-0.2, 0) is 4.79 Å². The Morgan fingerprint density at radius 2 is 1.83 bits per heavy atom. The molecule has 0 radical (unpaired) electrons. The van der Waals surface area contributed by atoms with E-state index in [2.05, 4.69) is 10.3 Å². The fraction of sp³-hybridized carbons (Fsp3) is 0.389. The Bertz CT molecular complexity index is 729. The lowest BCUT2D eigenvalue weighted by Gasteiger charge is -2.23. The number of nitrogens with zero attached hydrogens (tertiary/aromatic N) is 2. The summed E-state index contributed by atoms with van der Waals surface area (Å²) in [5.74, 6) is -0.444. The van der Waals surface area contributed by atoms with Gasteiger partial charge in [0.1, 0.15) is 10.7 Å². The van der Waals surface area contributed by atoms with Crippen molar-refractivity contribution in [1.82, 2.24) is 15.2 Å². The number of amides is 2. The Hall–Kier alpha value is -2.21. The van der Waals surface area contributed by atoms with E-state index in [-0.39, 0.29) is 23.9 Å². The van der Waals surface area contributed by atoms with Gasteiger partial charge in [-0.3, -0.25) is 9.59 Å². The maximum Gasteiger partial charge on any atom is 0.273 e. The first kappa shape index (κ1) is 18.1. The van der Waals surface area contributed by atoms with Crippen molar-refractivity contribution in [2.75, 3.05) is 13.6 Å². The lowest BCUT2D eigenvalue weighted by Crippen LogP contribution is -2.46. The summed E-state index contributed by atoms with van der Waals surface area (Å²) in [6, 6.07) is 8.01. The number of thiazole rings is 1. The highest BCUT2D eigenvalue weighted by Crippen LogP contribution is 2.24. The quantitative estimate of drug-likeness (QED) is 0.926. The number of hydrogen-bond donors (Lipinski definition) is 1. The SMILES string of the molecule is Cc1ccc(-c2nc(C(=O)N(C)CC(=O)NC(C)(C)C)cs2)cc1. The zero-order valence-electron chi connectivity index (χ0n) is 14.7. The average Bonchev–Trinajstić information content (AvgIpc) is 2.94. The van der Waals surface area contributed by atoms with Crippen LogP contribution >= 0.6 is 11.3 Å². The number of aryl methyl sites for hydroxylation is 1. The predicted molar refractivity (Wildman–Crippen MR) is 97.1 cm³/mol. The summed E-state index contributed by atoms with van der Waals surface area (Å²) < 4.78 is 0. The summed E-state index contributed by atoms with van der Waals surface area (Å²) in [6.45, 7) is 7.74. The zero-order valence-corrected chi connectivity index (χ0v) is 15.5. The van der Waals surface area contributed by atoms with Gasteiger partial charge >= 0.3 is 0 Å². The highest BCUT2D eigenvalue weighted by atomic mass is 32.1. The van der Waals surface area contributed by atoms with Gasteiger partial charge in [0.2, 0.25) is 5.91 Å². The molecule has 6 heteroatoms. The minimum absolute atomic E-state index is 0.00744. The maximum absolute atomic E-state index is 12.4. The van der Waals surface area contributed by atoms with Gasteiger partial charge in [0.05, 0.1) is 6.54 Å². The van der Waals surface area contributed by atoms with Crippen LogP contribution in [0.15, 0.2) is 29.6 Å². The molecule has 5 nitrogen and oxygen atoms in total. The van der Waals surface area contributed by atoms with Crippen molar-refractivity contribution in [2.24, 2.45) is 0 Å². The number of carbonyl (C=O) groups is 2. The topological polar surface area (TPSA) is 62.3 Å². The third kappa shape index (κ3) is 4.89. The van der Waals surface area contributed by atoms with Crippen molar-refractivity contribution < 1.29 is 9.59 Å². The van der Waals surface area contributed by atoms with E-state index in [4.69, 9.17) is 0 Å². The monoisotopic (exact) mass is 345 g/mol. The Kier molecular flexibility index (Phi) is 5.39. The lowest BCUT2D eigenvalue weighted by atomic mass is 10.1.